The fourth-order valence-corrected chi connectivity index (χ4v) is 2.35. The van der Waals surface area contributed by atoms with E-state index in [1.807, 2.05) is 0 Å². The molecule has 1 aliphatic heterocycles. The molecule has 1 heterocycles. The molecule has 12 heavy (non-hydrogen) atoms. The van der Waals surface area contributed by atoms with Gasteiger partial charge in [-0.15, -0.1) is 0 Å². The van der Waals surface area contributed by atoms with E-state index in [1.54, 1.807) is 0 Å². The minimum atomic E-state index is 0.436. The molecule has 2 fully saturated rings. The molecule has 0 amide bonds. The van der Waals surface area contributed by atoms with Crippen molar-refractivity contribution < 1.29 is 4.74 Å². The Morgan fingerprint density at radius 2 is 1.92 bits per heavy atom. The highest BCUT2D eigenvalue weighted by molar-refractivity contribution is 4.84. The number of ether oxygens (including phenoxy) is 1. The van der Waals surface area contributed by atoms with Crippen LogP contribution in [0.3, 0.4) is 0 Å². The SMILES string of the molecule is C[C@H]1OCC[C@@H]1NC1CCCC1. The molecule has 1 aliphatic carbocycles. The average molecular weight is 169 g/mol. The fraction of sp³-hybridized carbons (Fsp3) is 1.00. The Hall–Kier alpha value is -0.0800. The Kier molecular flexibility index (Phi) is 2.66. The van der Waals surface area contributed by atoms with Crippen molar-refractivity contribution in [3.63, 3.8) is 0 Å². The predicted molar refractivity (Wildman–Crippen MR) is 49.2 cm³/mol. The zero-order valence-corrected chi connectivity index (χ0v) is 7.88. The van der Waals surface area contributed by atoms with Crippen molar-refractivity contribution in [2.45, 2.75) is 57.2 Å². The van der Waals surface area contributed by atoms with Gasteiger partial charge in [-0.1, -0.05) is 12.8 Å². The van der Waals surface area contributed by atoms with Crippen molar-refractivity contribution in [2.75, 3.05) is 6.61 Å². The molecule has 2 rings (SSSR count). The highest BCUT2D eigenvalue weighted by Crippen LogP contribution is 2.21. The van der Waals surface area contributed by atoms with E-state index in [4.69, 9.17) is 4.74 Å². The minimum absolute atomic E-state index is 0.436. The molecule has 0 unspecified atom stereocenters. The van der Waals surface area contributed by atoms with Crippen LogP contribution in [0, 0.1) is 0 Å². The molecule has 0 bridgehead atoms. The van der Waals surface area contributed by atoms with Crippen molar-refractivity contribution in [3.8, 4) is 0 Å². The van der Waals surface area contributed by atoms with Gasteiger partial charge >= 0.3 is 0 Å². The first kappa shape index (κ1) is 8.52. The molecular weight excluding hydrogens is 150 g/mol. The molecule has 1 saturated heterocycles. The van der Waals surface area contributed by atoms with Gasteiger partial charge in [-0.05, 0) is 26.2 Å². The maximum absolute atomic E-state index is 5.51. The molecule has 0 aromatic rings. The van der Waals surface area contributed by atoms with Crippen LogP contribution >= 0.6 is 0 Å². The van der Waals surface area contributed by atoms with Gasteiger partial charge in [-0.2, -0.15) is 0 Å². The number of hydrogen-bond acceptors (Lipinski definition) is 2. The lowest BCUT2D eigenvalue weighted by Crippen LogP contribution is -2.40. The van der Waals surface area contributed by atoms with Crippen LogP contribution in [-0.2, 0) is 4.74 Å². The normalized spacial score (nSPS) is 37.8. The van der Waals surface area contributed by atoms with Gasteiger partial charge in [0.2, 0.25) is 0 Å². The highest BCUT2D eigenvalue weighted by atomic mass is 16.5. The molecule has 70 valence electrons. The molecule has 2 aliphatic rings. The van der Waals surface area contributed by atoms with E-state index in [-0.39, 0.29) is 0 Å². The molecule has 2 heteroatoms. The standard InChI is InChI=1S/C10H19NO/c1-8-10(6-7-12-8)11-9-4-2-3-5-9/h8-11H,2-7H2,1H3/t8-,10+/m1/s1. The summed E-state index contributed by atoms with van der Waals surface area (Å²) in [6, 6.07) is 1.42. The highest BCUT2D eigenvalue weighted by Gasteiger charge is 2.27. The molecule has 1 N–H and O–H groups in total. The van der Waals surface area contributed by atoms with Crippen molar-refractivity contribution in [2.24, 2.45) is 0 Å². The van der Waals surface area contributed by atoms with Crippen LogP contribution in [0.2, 0.25) is 0 Å². The molecule has 0 radical (unpaired) electrons. The van der Waals surface area contributed by atoms with Gasteiger partial charge < -0.3 is 10.1 Å². The Morgan fingerprint density at radius 1 is 1.17 bits per heavy atom. The smallest absolute Gasteiger partial charge is 0.0700 e. The third-order valence-electron chi connectivity index (χ3n) is 3.18. The van der Waals surface area contributed by atoms with E-state index < -0.39 is 0 Å². The van der Waals surface area contributed by atoms with E-state index in [0.29, 0.717) is 12.1 Å². The van der Waals surface area contributed by atoms with Crippen molar-refractivity contribution >= 4 is 0 Å². The molecule has 2 atom stereocenters. The Morgan fingerprint density at radius 3 is 2.50 bits per heavy atom. The van der Waals surface area contributed by atoms with Crippen LogP contribution in [0.5, 0.6) is 0 Å². The molecule has 0 spiro atoms. The molecule has 2 nitrogen and oxygen atoms in total. The molecule has 0 aromatic heterocycles. The fourth-order valence-electron chi connectivity index (χ4n) is 2.35. The average Bonchev–Trinajstić information content (AvgIpc) is 2.65. The third-order valence-corrected chi connectivity index (χ3v) is 3.18. The van der Waals surface area contributed by atoms with E-state index >= 15 is 0 Å². The first-order valence-corrected chi connectivity index (χ1v) is 5.24. The Bertz CT molecular complexity index is 143. The first-order chi connectivity index (χ1) is 5.86. The Balaban J connectivity index is 1.77. The van der Waals surface area contributed by atoms with Gasteiger partial charge in [0.1, 0.15) is 0 Å². The van der Waals surface area contributed by atoms with Crippen molar-refractivity contribution in [1.82, 2.24) is 5.32 Å². The summed E-state index contributed by atoms with van der Waals surface area (Å²) < 4.78 is 5.51. The molecule has 0 aromatic carbocycles. The first-order valence-electron chi connectivity index (χ1n) is 5.24. The molecular formula is C10H19NO. The monoisotopic (exact) mass is 169 g/mol. The summed E-state index contributed by atoms with van der Waals surface area (Å²) in [4.78, 5) is 0. The third kappa shape index (κ3) is 1.80. The van der Waals surface area contributed by atoms with Crippen LogP contribution in [0.15, 0.2) is 0 Å². The van der Waals surface area contributed by atoms with Crippen molar-refractivity contribution in [3.05, 3.63) is 0 Å². The summed E-state index contributed by atoms with van der Waals surface area (Å²) >= 11 is 0. The van der Waals surface area contributed by atoms with Crippen LogP contribution in [0.1, 0.15) is 39.0 Å². The van der Waals surface area contributed by atoms with Crippen LogP contribution in [0.4, 0.5) is 0 Å². The van der Waals surface area contributed by atoms with Gasteiger partial charge in [0, 0.05) is 18.7 Å². The lowest BCUT2D eigenvalue weighted by atomic mass is 10.1. The van der Waals surface area contributed by atoms with Gasteiger partial charge in [-0.3, -0.25) is 0 Å². The summed E-state index contributed by atoms with van der Waals surface area (Å²) in [5.74, 6) is 0. The quantitative estimate of drug-likeness (QED) is 0.679. The molecule has 1 saturated carbocycles. The van der Waals surface area contributed by atoms with Crippen molar-refractivity contribution in [1.29, 1.82) is 0 Å². The second kappa shape index (κ2) is 3.75. The van der Waals surface area contributed by atoms with Gasteiger partial charge in [0.15, 0.2) is 0 Å². The minimum Gasteiger partial charge on any atom is -0.377 e. The number of hydrogen-bond donors (Lipinski definition) is 1. The topological polar surface area (TPSA) is 21.3 Å². The zero-order valence-electron chi connectivity index (χ0n) is 7.88. The zero-order chi connectivity index (χ0) is 8.39. The van der Waals surface area contributed by atoms with E-state index in [9.17, 15) is 0 Å². The van der Waals surface area contributed by atoms with E-state index in [1.165, 1.54) is 32.1 Å². The van der Waals surface area contributed by atoms with E-state index in [2.05, 4.69) is 12.2 Å². The van der Waals surface area contributed by atoms with Crippen LogP contribution in [-0.4, -0.2) is 24.8 Å². The van der Waals surface area contributed by atoms with Crippen LogP contribution < -0.4 is 5.32 Å². The van der Waals surface area contributed by atoms with Crippen LogP contribution in [0.25, 0.3) is 0 Å². The van der Waals surface area contributed by atoms with Gasteiger partial charge in [0.25, 0.3) is 0 Å². The summed E-state index contributed by atoms with van der Waals surface area (Å²) in [6.45, 7) is 3.13. The summed E-state index contributed by atoms with van der Waals surface area (Å²) in [5.41, 5.74) is 0. The summed E-state index contributed by atoms with van der Waals surface area (Å²) in [6.07, 6.45) is 7.23. The maximum Gasteiger partial charge on any atom is 0.0700 e. The second-order valence-electron chi connectivity index (χ2n) is 4.12. The number of rotatable bonds is 2. The second-order valence-corrected chi connectivity index (χ2v) is 4.12. The lowest BCUT2D eigenvalue weighted by molar-refractivity contribution is 0.111. The van der Waals surface area contributed by atoms with Gasteiger partial charge in [0.05, 0.1) is 6.10 Å². The maximum atomic E-state index is 5.51. The lowest BCUT2D eigenvalue weighted by Gasteiger charge is -2.20. The van der Waals surface area contributed by atoms with E-state index in [0.717, 1.165) is 12.6 Å². The predicted octanol–water partition coefficient (Wildman–Crippen LogP) is 1.70. The Labute approximate surface area is 74.7 Å². The largest absolute Gasteiger partial charge is 0.377 e. The van der Waals surface area contributed by atoms with Gasteiger partial charge in [-0.25, -0.2) is 0 Å². The summed E-state index contributed by atoms with van der Waals surface area (Å²) in [7, 11) is 0. The summed E-state index contributed by atoms with van der Waals surface area (Å²) in [5, 5.41) is 3.70. The number of nitrogens with one attached hydrogen (secondary N) is 1.